The fourth-order valence-corrected chi connectivity index (χ4v) is 1.94. The fourth-order valence-electron chi connectivity index (χ4n) is 1.44. The Balaban J connectivity index is 1.86. The Morgan fingerprint density at radius 3 is 2.63 bits per heavy atom. The van der Waals surface area contributed by atoms with Crippen LogP contribution in [0.3, 0.4) is 0 Å². The molecule has 0 fully saturated rings. The molecule has 2 aromatic rings. The summed E-state index contributed by atoms with van der Waals surface area (Å²) in [4.78, 5) is 11.7. The van der Waals surface area contributed by atoms with Crippen LogP contribution in [0.2, 0.25) is 5.02 Å². The van der Waals surface area contributed by atoms with Crippen molar-refractivity contribution in [2.75, 3.05) is 11.9 Å². The van der Waals surface area contributed by atoms with E-state index in [0.717, 1.165) is 4.47 Å². The molecule has 19 heavy (non-hydrogen) atoms. The minimum Gasteiger partial charge on any atom is -0.484 e. The van der Waals surface area contributed by atoms with Crippen LogP contribution in [0.1, 0.15) is 0 Å². The van der Waals surface area contributed by atoms with Crippen molar-refractivity contribution in [1.82, 2.24) is 0 Å². The standard InChI is InChI=1S/C14H11BrClNO2/c15-10-2-1-3-13(8-10)19-9-14(18)17-12-6-4-11(16)5-7-12/h1-8H,9H2,(H,17,18). The number of anilines is 1. The number of rotatable bonds is 4. The second-order valence-corrected chi connectivity index (χ2v) is 5.15. The van der Waals surface area contributed by atoms with E-state index in [4.69, 9.17) is 16.3 Å². The highest BCUT2D eigenvalue weighted by molar-refractivity contribution is 9.10. The zero-order chi connectivity index (χ0) is 13.7. The number of ether oxygens (including phenoxy) is 1. The van der Waals surface area contributed by atoms with Crippen LogP contribution < -0.4 is 10.1 Å². The van der Waals surface area contributed by atoms with Gasteiger partial charge in [-0.25, -0.2) is 0 Å². The lowest BCUT2D eigenvalue weighted by atomic mass is 10.3. The Morgan fingerprint density at radius 2 is 1.95 bits per heavy atom. The predicted molar refractivity (Wildman–Crippen MR) is 79.7 cm³/mol. The van der Waals surface area contributed by atoms with Gasteiger partial charge in [0.05, 0.1) is 0 Å². The van der Waals surface area contributed by atoms with Crippen molar-refractivity contribution in [2.45, 2.75) is 0 Å². The first-order valence-corrected chi connectivity index (χ1v) is 6.74. The first kappa shape index (κ1) is 13.9. The lowest BCUT2D eigenvalue weighted by Gasteiger charge is -2.07. The maximum atomic E-state index is 11.7. The van der Waals surface area contributed by atoms with Crippen LogP contribution >= 0.6 is 27.5 Å². The van der Waals surface area contributed by atoms with E-state index in [1.165, 1.54) is 0 Å². The summed E-state index contributed by atoms with van der Waals surface area (Å²) >= 11 is 9.10. The average molecular weight is 341 g/mol. The van der Waals surface area contributed by atoms with Gasteiger partial charge in [0.25, 0.3) is 5.91 Å². The van der Waals surface area contributed by atoms with Crippen LogP contribution in [0, 0.1) is 0 Å². The van der Waals surface area contributed by atoms with Gasteiger partial charge in [-0.05, 0) is 42.5 Å². The Hall–Kier alpha value is -1.52. The highest BCUT2D eigenvalue weighted by Crippen LogP contribution is 2.18. The van der Waals surface area contributed by atoms with Crippen LogP contribution in [0.5, 0.6) is 5.75 Å². The molecule has 2 rings (SSSR count). The van der Waals surface area contributed by atoms with Gasteiger partial charge < -0.3 is 10.1 Å². The summed E-state index contributed by atoms with van der Waals surface area (Å²) in [7, 11) is 0. The molecule has 98 valence electrons. The maximum Gasteiger partial charge on any atom is 0.262 e. The smallest absolute Gasteiger partial charge is 0.262 e. The van der Waals surface area contributed by atoms with Crippen LogP contribution in [-0.4, -0.2) is 12.5 Å². The van der Waals surface area contributed by atoms with E-state index >= 15 is 0 Å². The van der Waals surface area contributed by atoms with Gasteiger partial charge in [-0.15, -0.1) is 0 Å². The minimum absolute atomic E-state index is 0.0426. The maximum absolute atomic E-state index is 11.7. The number of carbonyl (C=O) groups excluding carboxylic acids is 1. The van der Waals surface area contributed by atoms with Gasteiger partial charge in [0.1, 0.15) is 5.75 Å². The van der Waals surface area contributed by atoms with Gasteiger partial charge in [0, 0.05) is 15.2 Å². The second-order valence-electron chi connectivity index (χ2n) is 3.80. The van der Waals surface area contributed by atoms with Gasteiger partial charge in [0.2, 0.25) is 0 Å². The Labute approximate surface area is 124 Å². The molecule has 1 N–H and O–H groups in total. The predicted octanol–water partition coefficient (Wildman–Crippen LogP) is 4.12. The van der Waals surface area contributed by atoms with E-state index in [2.05, 4.69) is 21.2 Å². The molecule has 0 heterocycles. The van der Waals surface area contributed by atoms with Crippen molar-refractivity contribution in [3.63, 3.8) is 0 Å². The molecule has 0 bridgehead atoms. The van der Waals surface area contributed by atoms with Crippen LogP contribution in [-0.2, 0) is 4.79 Å². The molecule has 3 nitrogen and oxygen atoms in total. The van der Waals surface area contributed by atoms with E-state index in [1.54, 1.807) is 36.4 Å². The largest absolute Gasteiger partial charge is 0.484 e. The number of amides is 1. The SMILES string of the molecule is O=C(COc1cccc(Br)c1)Nc1ccc(Cl)cc1. The molecular weight excluding hydrogens is 330 g/mol. The zero-order valence-electron chi connectivity index (χ0n) is 9.90. The summed E-state index contributed by atoms with van der Waals surface area (Å²) in [6, 6.07) is 14.2. The van der Waals surface area contributed by atoms with Gasteiger partial charge >= 0.3 is 0 Å². The van der Waals surface area contributed by atoms with Crippen molar-refractivity contribution >= 4 is 39.1 Å². The fraction of sp³-hybridized carbons (Fsp3) is 0.0714. The van der Waals surface area contributed by atoms with Gasteiger partial charge in [0.15, 0.2) is 6.61 Å². The van der Waals surface area contributed by atoms with E-state index in [9.17, 15) is 4.79 Å². The van der Waals surface area contributed by atoms with Gasteiger partial charge in [-0.1, -0.05) is 33.6 Å². The van der Waals surface area contributed by atoms with Crippen molar-refractivity contribution < 1.29 is 9.53 Å². The Morgan fingerprint density at radius 1 is 1.21 bits per heavy atom. The molecule has 5 heteroatoms. The normalized spacial score (nSPS) is 10.0. The van der Waals surface area contributed by atoms with Crippen LogP contribution in [0.15, 0.2) is 53.0 Å². The molecule has 0 aliphatic rings. The summed E-state index contributed by atoms with van der Waals surface area (Å²) in [5, 5.41) is 3.35. The van der Waals surface area contributed by atoms with Crippen molar-refractivity contribution in [2.24, 2.45) is 0 Å². The Kier molecular flexibility index (Phi) is 4.82. The molecule has 0 unspecified atom stereocenters. The van der Waals surface area contributed by atoms with E-state index in [0.29, 0.717) is 16.5 Å². The summed E-state index contributed by atoms with van der Waals surface area (Å²) in [5.74, 6) is 0.419. The zero-order valence-corrected chi connectivity index (χ0v) is 12.2. The quantitative estimate of drug-likeness (QED) is 0.909. The van der Waals surface area contributed by atoms with E-state index in [-0.39, 0.29) is 12.5 Å². The van der Waals surface area contributed by atoms with Crippen LogP contribution in [0.4, 0.5) is 5.69 Å². The lowest BCUT2D eigenvalue weighted by Crippen LogP contribution is -2.20. The molecule has 0 aliphatic carbocycles. The molecule has 0 spiro atoms. The van der Waals surface area contributed by atoms with Crippen molar-refractivity contribution in [1.29, 1.82) is 0 Å². The number of hydrogen-bond acceptors (Lipinski definition) is 2. The highest BCUT2D eigenvalue weighted by atomic mass is 79.9. The summed E-state index contributed by atoms with van der Waals surface area (Å²) in [5.41, 5.74) is 0.687. The third-order valence-corrected chi connectivity index (χ3v) is 3.04. The first-order valence-electron chi connectivity index (χ1n) is 5.57. The number of benzene rings is 2. The number of nitrogens with one attached hydrogen (secondary N) is 1. The Bertz CT molecular complexity index is 572. The third-order valence-electron chi connectivity index (χ3n) is 2.29. The first-order chi connectivity index (χ1) is 9.13. The third kappa shape index (κ3) is 4.58. The molecule has 0 saturated heterocycles. The lowest BCUT2D eigenvalue weighted by molar-refractivity contribution is -0.118. The average Bonchev–Trinajstić information content (AvgIpc) is 2.39. The summed E-state index contributed by atoms with van der Waals surface area (Å²) in [6.45, 7) is -0.0426. The van der Waals surface area contributed by atoms with Crippen molar-refractivity contribution in [3.05, 3.63) is 58.0 Å². The second kappa shape index (κ2) is 6.59. The van der Waals surface area contributed by atoms with Crippen molar-refractivity contribution in [3.8, 4) is 5.75 Å². The summed E-state index contributed by atoms with van der Waals surface area (Å²) in [6.07, 6.45) is 0. The number of halogens is 2. The monoisotopic (exact) mass is 339 g/mol. The molecular formula is C14H11BrClNO2. The van der Waals surface area contributed by atoms with E-state index < -0.39 is 0 Å². The molecule has 1 amide bonds. The molecule has 0 aromatic heterocycles. The molecule has 0 aliphatic heterocycles. The molecule has 0 atom stereocenters. The molecule has 2 aromatic carbocycles. The highest BCUT2D eigenvalue weighted by Gasteiger charge is 2.04. The van der Waals surface area contributed by atoms with E-state index in [1.807, 2.05) is 12.1 Å². The van der Waals surface area contributed by atoms with Gasteiger partial charge in [-0.2, -0.15) is 0 Å². The van der Waals surface area contributed by atoms with Crippen LogP contribution in [0.25, 0.3) is 0 Å². The summed E-state index contributed by atoms with van der Waals surface area (Å²) < 4.78 is 6.28. The number of carbonyl (C=O) groups is 1. The molecule has 0 saturated carbocycles. The topological polar surface area (TPSA) is 38.3 Å². The number of hydrogen-bond donors (Lipinski definition) is 1. The minimum atomic E-state index is -0.220. The molecule has 0 radical (unpaired) electrons. The van der Waals surface area contributed by atoms with Gasteiger partial charge in [-0.3, -0.25) is 4.79 Å².